The van der Waals surface area contributed by atoms with Crippen molar-refractivity contribution in [2.45, 2.75) is 32.4 Å². The summed E-state index contributed by atoms with van der Waals surface area (Å²) < 4.78 is 0. The van der Waals surface area contributed by atoms with Gasteiger partial charge in [0.05, 0.1) is 0 Å². The number of carbonyl (C=O) groups is 3. The molecule has 3 heterocycles. The molecular formula is C19H24N4O3. The molecule has 7 nitrogen and oxygen atoms in total. The molecule has 1 aromatic carbocycles. The normalized spacial score (nSPS) is 24.0. The van der Waals surface area contributed by atoms with Gasteiger partial charge in [-0.3, -0.25) is 19.7 Å². The maximum Gasteiger partial charge on any atom is 0.255 e. The number of piperazine rings is 1. The molecule has 3 aliphatic heterocycles. The zero-order valence-electron chi connectivity index (χ0n) is 15.0. The number of hydrogen-bond donors (Lipinski definition) is 1. The van der Waals surface area contributed by atoms with E-state index in [4.69, 9.17) is 0 Å². The molecule has 26 heavy (non-hydrogen) atoms. The van der Waals surface area contributed by atoms with E-state index < -0.39 is 6.04 Å². The Kier molecular flexibility index (Phi) is 4.40. The number of nitrogens with zero attached hydrogens (tertiary/aromatic N) is 3. The second-order valence-corrected chi connectivity index (χ2v) is 7.16. The molecule has 0 saturated carbocycles. The number of likely N-dealkylation sites (N-methyl/N-ethyl adjacent to an activating group) is 1. The molecule has 1 unspecified atom stereocenters. The molecule has 1 aromatic rings. The Bertz CT molecular complexity index is 755. The molecule has 3 aliphatic rings. The average Bonchev–Trinajstić information content (AvgIpc) is 2.98. The van der Waals surface area contributed by atoms with Crippen molar-refractivity contribution in [3.05, 3.63) is 29.3 Å². The van der Waals surface area contributed by atoms with Gasteiger partial charge >= 0.3 is 0 Å². The Hall–Kier alpha value is -2.41. The molecule has 0 aromatic heterocycles. The molecular weight excluding hydrogens is 332 g/mol. The lowest BCUT2D eigenvalue weighted by atomic mass is 10.0. The topological polar surface area (TPSA) is 73.0 Å². The Morgan fingerprint density at radius 2 is 1.88 bits per heavy atom. The van der Waals surface area contributed by atoms with Crippen molar-refractivity contribution in [3.63, 3.8) is 0 Å². The number of rotatable bonds is 3. The van der Waals surface area contributed by atoms with Crippen molar-refractivity contribution < 1.29 is 14.4 Å². The number of piperidine rings is 1. The molecule has 0 bridgehead atoms. The van der Waals surface area contributed by atoms with Gasteiger partial charge in [0.1, 0.15) is 6.04 Å². The second kappa shape index (κ2) is 6.72. The third-order valence-corrected chi connectivity index (χ3v) is 5.69. The monoisotopic (exact) mass is 356 g/mol. The fourth-order valence-corrected chi connectivity index (χ4v) is 4.08. The lowest BCUT2D eigenvalue weighted by Gasteiger charge is -2.35. The van der Waals surface area contributed by atoms with Gasteiger partial charge < -0.3 is 14.7 Å². The minimum Gasteiger partial charge on any atom is -0.369 e. The van der Waals surface area contributed by atoms with Crippen LogP contribution in [0.5, 0.6) is 0 Å². The molecule has 7 heteroatoms. The standard InChI is InChI=1S/C19H24N4O3/c1-2-21-7-9-22(10-8-21)14-3-4-15-13(11-14)12-23(19(15)26)16-5-6-17(24)20-18(16)25/h3-4,11,16H,2,5-10,12H2,1H3,(H,20,24,25). The first kappa shape index (κ1) is 17.0. The van der Waals surface area contributed by atoms with E-state index in [0.717, 1.165) is 44.0 Å². The number of imide groups is 1. The summed E-state index contributed by atoms with van der Waals surface area (Å²) in [6.45, 7) is 7.76. The first-order valence-electron chi connectivity index (χ1n) is 9.31. The number of nitrogens with one attached hydrogen (secondary N) is 1. The van der Waals surface area contributed by atoms with Gasteiger partial charge in [0.25, 0.3) is 5.91 Å². The van der Waals surface area contributed by atoms with Crippen LogP contribution in [0, 0.1) is 0 Å². The molecule has 0 radical (unpaired) electrons. The van der Waals surface area contributed by atoms with Crippen LogP contribution in [0.1, 0.15) is 35.7 Å². The summed E-state index contributed by atoms with van der Waals surface area (Å²) >= 11 is 0. The zero-order valence-corrected chi connectivity index (χ0v) is 15.0. The molecule has 0 spiro atoms. The average molecular weight is 356 g/mol. The Balaban J connectivity index is 1.50. The van der Waals surface area contributed by atoms with Crippen LogP contribution in [0.15, 0.2) is 18.2 Å². The predicted octanol–water partition coefficient (Wildman–Crippen LogP) is 0.590. The maximum absolute atomic E-state index is 12.7. The van der Waals surface area contributed by atoms with E-state index in [0.29, 0.717) is 18.5 Å². The zero-order chi connectivity index (χ0) is 18.3. The highest BCUT2D eigenvalue weighted by Crippen LogP contribution is 2.30. The number of carbonyl (C=O) groups excluding carboxylic acids is 3. The largest absolute Gasteiger partial charge is 0.369 e. The van der Waals surface area contributed by atoms with Gasteiger partial charge in [-0.25, -0.2) is 0 Å². The van der Waals surface area contributed by atoms with E-state index in [1.165, 1.54) is 0 Å². The van der Waals surface area contributed by atoms with Crippen LogP contribution >= 0.6 is 0 Å². The highest BCUT2D eigenvalue weighted by Gasteiger charge is 2.39. The summed E-state index contributed by atoms with van der Waals surface area (Å²) in [7, 11) is 0. The third kappa shape index (κ3) is 2.96. The fourth-order valence-electron chi connectivity index (χ4n) is 4.08. The number of benzene rings is 1. The summed E-state index contributed by atoms with van der Waals surface area (Å²) in [6, 6.07) is 5.42. The smallest absolute Gasteiger partial charge is 0.255 e. The lowest BCUT2D eigenvalue weighted by molar-refractivity contribution is -0.136. The van der Waals surface area contributed by atoms with E-state index in [-0.39, 0.29) is 24.1 Å². The van der Waals surface area contributed by atoms with Gasteiger partial charge in [0.2, 0.25) is 11.8 Å². The number of amides is 3. The molecule has 3 amide bonds. The summed E-state index contributed by atoms with van der Waals surface area (Å²) in [4.78, 5) is 42.6. The summed E-state index contributed by atoms with van der Waals surface area (Å²) in [6.07, 6.45) is 0.680. The minimum atomic E-state index is -0.552. The molecule has 0 aliphatic carbocycles. The molecule has 2 fully saturated rings. The first-order chi connectivity index (χ1) is 12.6. The van der Waals surface area contributed by atoms with Crippen LogP contribution in [0.3, 0.4) is 0 Å². The number of anilines is 1. The quantitative estimate of drug-likeness (QED) is 0.803. The van der Waals surface area contributed by atoms with E-state index in [2.05, 4.69) is 28.1 Å². The van der Waals surface area contributed by atoms with Crippen LogP contribution in [0.25, 0.3) is 0 Å². The van der Waals surface area contributed by atoms with Gasteiger partial charge in [0, 0.05) is 50.4 Å². The van der Waals surface area contributed by atoms with Gasteiger partial charge in [-0.15, -0.1) is 0 Å². The van der Waals surface area contributed by atoms with E-state index in [1.54, 1.807) is 4.90 Å². The summed E-state index contributed by atoms with van der Waals surface area (Å²) in [5, 5.41) is 2.34. The van der Waals surface area contributed by atoms with Crippen molar-refractivity contribution in [2.24, 2.45) is 0 Å². The van der Waals surface area contributed by atoms with Gasteiger partial charge in [0.15, 0.2) is 0 Å². The predicted molar refractivity (Wildman–Crippen MR) is 96.8 cm³/mol. The van der Waals surface area contributed by atoms with Crippen LogP contribution in [-0.2, 0) is 16.1 Å². The molecule has 2 saturated heterocycles. The van der Waals surface area contributed by atoms with Crippen molar-refractivity contribution in [1.29, 1.82) is 0 Å². The van der Waals surface area contributed by atoms with Crippen molar-refractivity contribution >= 4 is 23.4 Å². The first-order valence-corrected chi connectivity index (χ1v) is 9.31. The van der Waals surface area contributed by atoms with Crippen molar-refractivity contribution in [1.82, 2.24) is 15.1 Å². The SMILES string of the molecule is CCN1CCN(c2ccc3c(c2)CN(C2CCC(=O)NC2=O)C3=O)CC1. The van der Waals surface area contributed by atoms with Crippen molar-refractivity contribution in [2.75, 3.05) is 37.6 Å². The van der Waals surface area contributed by atoms with Gasteiger partial charge in [-0.1, -0.05) is 6.92 Å². The van der Waals surface area contributed by atoms with E-state index in [1.807, 2.05) is 12.1 Å². The molecule has 1 atom stereocenters. The van der Waals surface area contributed by atoms with Gasteiger partial charge in [-0.2, -0.15) is 0 Å². The second-order valence-electron chi connectivity index (χ2n) is 7.16. The fraction of sp³-hybridized carbons (Fsp3) is 0.526. The minimum absolute atomic E-state index is 0.114. The van der Waals surface area contributed by atoms with Crippen LogP contribution in [0.2, 0.25) is 0 Å². The molecule has 1 N–H and O–H groups in total. The number of fused-ring (bicyclic) bond motifs is 1. The molecule has 138 valence electrons. The maximum atomic E-state index is 12.7. The summed E-state index contributed by atoms with van der Waals surface area (Å²) in [5.74, 6) is -0.737. The van der Waals surface area contributed by atoms with Gasteiger partial charge in [-0.05, 0) is 36.7 Å². The Morgan fingerprint density at radius 3 is 2.58 bits per heavy atom. The van der Waals surface area contributed by atoms with E-state index >= 15 is 0 Å². The van der Waals surface area contributed by atoms with Crippen LogP contribution < -0.4 is 10.2 Å². The highest BCUT2D eigenvalue weighted by molar-refractivity contribution is 6.05. The Labute approximate surface area is 152 Å². The number of hydrogen-bond acceptors (Lipinski definition) is 5. The third-order valence-electron chi connectivity index (χ3n) is 5.69. The lowest BCUT2D eigenvalue weighted by Crippen LogP contribution is -2.52. The Morgan fingerprint density at radius 1 is 1.12 bits per heavy atom. The van der Waals surface area contributed by atoms with E-state index in [9.17, 15) is 14.4 Å². The molecule has 4 rings (SSSR count). The van der Waals surface area contributed by atoms with Crippen LogP contribution in [0.4, 0.5) is 5.69 Å². The summed E-state index contributed by atoms with van der Waals surface area (Å²) in [5.41, 5.74) is 2.78. The van der Waals surface area contributed by atoms with Crippen molar-refractivity contribution in [3.8, 4) is 0 Å². The highest BCUT2D eigenvalue weighted by atomic mass is 16.2. The van der Waals surface area contributed by atoms with Crippen LogP contribution in [-0.4, -0.2) is 66.3 Å².